The van der Waals surface area contributed by atoms with Gasteiger partial charge in [0, 0.05) is 11.0 Å². The van der Waals surface area contributed by atoms with Crippen LogP contribution in [0.3, 0.4) is 0 Å². The highest BCUT2D eigenvalue weighted by Crippen LogP contribution is 2.36. The average molecular weight is 410 g/mol. The lowest BCUT2D eigenvalue weighted by molar-refractivity contribution is -0.161. The highest BCUT2D eigenvalue weighted by atomic mass is 79.9. The largest absolute Gasteiger partial charge is 0.486 e. The third-order valence-electron chi connectivity index (χ3n) is 3.36. The fraction of sp³-hybridized carbons (Fsp3) is 0.562. The first-order valence-electron chi connectivity index (χ1n) is 7.58. The van der Waals surface area contributed by atoms with Crippen LogP contribution < -0.4 is 9.47 Å². The first kappa shape index (κ1) is 18.9. The molecule has 0 atom stereocenters. The van der Waals surface area contributed by atoms with E-state index in [9.17, 15) is 18.0 Å². The van der Waals surface area contributed by atoms with E-state index in [2.05, 4.69) is 15.9 Å². The fourth-order valence-corrected chi connectivity index (χ4v) is 2.89. The monoisotopic (exact) mass is 409 g/mol. The van der Waals surface area contributed by atoms with Crippen molar-refractivity contribution in [2.45, 2.75) is 26.4 Å². The van der Waals surface area contributed by atoms with Gasteiger partial charge in [-0.15, -0.1) is 0 Å². The van der Waals surface area contributed by atoms with Gasteiger partial charge in [-0.1, -0.05) is 29.8 Å². The van der Waals surface area contributed by atoms with E-state index in [4.69, 9.17) is 9.47 Å². The molecule has 1 aliphatic rings. The average Bonchev–Trinajstić information content (AvgIpc) is 2.45. The molecule has 0 aliphatic carbocycles. The number of hydrogen-bond donors (Lipinski definition) is 0. The van der Waals surface area contributed by atoms with Crippen LogP contribution in [0.25, 0.3) is 0 Å². The van der Waals surface area contributed by atoms with Crippen molar-refractivity contribution in [3.8, 4) is 11.5 Å². The van der Waals surface area contributed by atoms with Gasteiger partial charge < -0.3 is 14.4 Å². The van der Waals surface area contributed by atoms with E-state index in [1.165, 1.54) is 0 Å². The number of hydrogen-bond acceptors (Lipinski definition) is 3. The minimum atomic E-state index is -4.42. The molecular weight excluding hydrogens is 391 g/mol. The number of nitrogens with zero attached hydrogens (tertiary/aromatic N) is 1. The minimum Gasteiger partial charge on any atom is -0.486 e. The number of fused-ring (bicyclic) bond motifs is 1. The number of halogens is 4. The van der Waals surface area contributed by atoms with E-state index in [0.29, 0.717) is 34.7 Å². The van der Waals surface area contributed by atoms with Gasteiger partial charge in [0.15, 0.2) is 11.5 Å². The van der Waals surface area contributed by atoms with E-state index in [1.807, 2.05) is 0 Å². The van der Waals surface area contributed by atoms with E-state index in [-0.39, 0.29) is 18.9 Å². The highest BCUT2D eigenvalue weighted by Gasteiger charge is 2.33. The Morgan fingerprint density at radius 1 is 1.25 bits per heavy atom. The van der Waals surface area contributed by atoms with Crippen molar-refractivity contribution >= 4 is 21.8 Å². The van der Waals surface area contributed by atoms with Gasteiger partial charge >= 0.3 is 6.18 Å². The Hall–Kier alpha value is -1.44. The van der Waals surface area contributed by atoms with Gasteiger partial charge in [0.1, 0.15) is 19.8 Å². The standard InChI is InChI=1S/C16H19BrF3NO3/c1-10(2)8-21(9-16(18,19)20)15(22)6-11-5-13-14(7-12(11)17)24-4-3-23-13/h5,7,10H,3-4,6,8-9H2,1-2H3. The quantitative estimate of drug-likeness (QED) is 0.741. The molecule has 0 N–H and O–H groups in total. The van der Waals surface area contributed by atoms with Crippen molar-refractivity contribution < 1.29 is 27.4 Å². The van der Waals surface area contributed by atoms with E-state index in [1.54, 1.807) is 26.0 Å². The van der Waals surface area contributed by atoms with Crippen molar-refractivity contribution in [3.05, 3.63) is 22.2 Å². The molecule has 0 aromatic heterocycles. The molecule has 2 rings (SSSR count). The maximum Gasteiger partial charge on any atom is 0.406 e. The lowest BCUT2D eigenvalue weighted by Gasteiger charge is -2.26. The third-order valence-corrected chi connectivity index (χ3v) is 4.10. The summed E-state index contributed by atoms with van der Waals surface area (Å²) in [6, 6.07) is 3.31. The molecule has 0 saturated heterocycles. The van der Waals surface area contributed by atoms with Crippen LogP contribution in [0.15, 0.2) is 16.6 Å². The summed E-state index contributed by atoms with van der Waals surface area (Å²) < 4.78 is 49.7. The zero-order valence-corrected chi connectivity index (χ0v) is 15.0. The van der Waals surface area contributed by atoms with Crippen LogP contribution >= 0.6 is 15.9 Å². The lowest BCUT2D eigenvalue weighted by Crippen LogP contribution is -2.41. The molecule has 0 saturated carbocycles. The molecule has 24 heavy (non-hydrogen) atoms. The molecule has 1 heterocycles. The molecule has 0 bridgehead atoms. The molecular formula is C16H19BrF3NO3. The lowest BCUT2D eigenvalue weighted by atomic mass is 10.1. The molecule has 4 nitrogen and oxygen atoms in total. The van der Waals surface area contributed by atoms with Crippen molar-refractivity contribution in [2.24, 2.45) is 5.92 Å². The molecule has 1 aromatic rings. The predicted octanol–water partition coefficient (Wildman–Crippen LogP) is 3.81. The summed E-state index contributed by atoms with van der Waals surface area (Å²) in [6.45, 7) is 3.20. The third kappa shape index (κ3) is 5.29. The summed E-state index contributed by atoms with van der Waals surface area (Å²) in [5, 5.41) is 0. The Morgan fingerprint density at radius 2 is 1.83 bits per heavy atom. The second-order valence-electron chi connectivity index (χ2n) is 6.05. The molecule has 134 valence electrons. The van der Waals surface area contributed by atoms with E-state index in [0.717, 1.165) is 4.90 Å². The molecule has 0 fully saturated rings. The van der Waals surface area contributed by atoms with Crippen LogP contribution in [0, 0.1) is 5.92 Å². The summed E-state index contributed by atoms with van der Waals surface area (Å²) in [4.78, 5) is 13.2. The van der Waals surface area contributed by atoms with Gasteiger partial charge in [-0.05, 0) is 23.6 Å². The predicted molar refractivity (Wildman–Crippen MR) is 86.3 cm³/mol. The van der Waals surface area contributed by atoms with Gasteiger partial charge in [-0.2, -0.15) is 13.2 Å². The van der Waals surface area contributed by atoms with Crippen LogP contribution in [-0.4, -0.2) is 43.3 Å². The summed E-state index contributed by atoms with van der Waals surface area (Å²) in [6.07, 6.45) is -4.56. The fourth-order valence-electron chi connectivity index (χ4n) is 2.43. The summed E-state index contributed by atoms with van der Waals surface area (Å²) in [5.41, 5.74) is 0.570. The van der Waals surface area contributed by atoms with Crippen LogP contribution in [0.2, 0.25) is 0 Å². The van der Waals surface area contributed by atoms with Crippen molar-refractivity contribution in [3.63, 3.8) is 0 Å². The number of carbonyl (C=O) groups excluding carboxylic acids is 1. The van der Waals surface area contributed by atoms with Gasteiger partial charge in [-0.25, -0.2) is 0 Å². The Morgan fingerprint density at radius 3 is 2.38 bits per heavy atom. The maximum absolute atomic E-state index is 12.7. The molecule has 0 spiro atoms. The van der Waals surface area contributed by atoms with Gasteiger partial charge in [0.05, 0.1) is 6.42 Å². The second-order valence-corrected chi connectivity index (χ2v) is 6.90. The topological polar surface area (TPSA) is 38.8 Å². The summed E-state index contributed by atoms with van der Waals surface area (Å²) in [7, 11) is 0. The highest BCUT2D eigenvalue weighted by molar-refractivity contribution is 9.10. The molecule has 1 aliphatic heterocycles. The normalized spacial score (nSPS) is 14.0. The van der Waals surface area contributed by atoms with Gasteiger partial charge in [0.2, 0.25) is 5.91 Å². The molecule has 0 radical (unpaired) electrons. The van der Waals surface area contributed by atoms with Crippen LogP contribution in [0.4, 0.5) is 13.2 Å². The van der Waals surface area contributed by atoms with Crippen LogP contribution in [0.1, 0.15) is 19.4 Å². The Bertz CT molecular complexity index is 605. The van der Waals surface area contributed by atoms with Crippen molar-refractivity contribution in [1.82, 2.24) is 4.90 Å². The number of rotatable bonds is 5. The molecule has 0 unspecified atom stereocenters. The molecule has 1 aromatic carbocycles. The smallest absolute Gasteiger partial charge is 0.406 e. The van der Waals surface area contributed by atoms with Crippen molar-refractivity contribution in [2.75, 3.05) is 26.3 Å². The van der Waals surface area contributed by atoms with Crippen LogP contribution in [-0.2, 0) is 11.2 Å². The number of carbonyl (C=O) groups is 1. The zero-order valence-electron chi connectivity index (χ0n) is 13.5. The Balaban J connectivity index is 2.16. The number of alkyl halides is 3. The second kappa shape index (κ2) is 7.63. The minimum absolute atomic E-state index is 0.0555. The number of ether oxygens (including phenoxy) is 2. The Labute approximate surface area is 147 Å². The van der Waals surface area contributed by atoms with Gasteiger partial charge in [0.25, 0.3) is 0 Å². The maximum atomic E-state index is 12.7. The Kier molecular flexibility index (Phi) is 6.01. The van der Waals surface area contributed by atoms with Crippen molar-refractivity contribution in [1.29, 1.82) is 0 Å². The first-order valence-corrected chi connectivity index (χ1v) is 8.37. The molecule has 1 amide bonds. The first-order chi connectivity index (χ1) is 11.2. The number of benzene rings is 1. The number of amides is 1. The summed E-state index contributed by atoms with van der Waals surface area (Å²) >= 11 is 3.34. The molecule has 8 heteroatoms. The zero-order chi connectivity index (χ0) is 17.9. The van der Waals surface area contributed by atoms with E-state index >= 15 is 0 Å². The van der Waals surface area contributed by atoms with Crippen LogP contribution in [0.5, 0.6) is 11.5 Å². The summed E-state index contributed by atoms with van der Waals surface area (Å²) in [5.74, 6) is 0.426. The van der Waals surface area contributed by atoms with E-state index < -0.39 is 18.6 Å². The van der Waals surface area contributed by atoms with Gasteiger partial charge in [-0.3, -0.25) is 4.79 Å². The SMILES string of the molecule is CC(C)CN(CC(F)(F)F)C(=O)Cc1cc2c(cc1Br)OCCO2.